The van der Waals surface area contributed by atoms with Crippen molar-refractivity contribution >= 4 is 21.4 Å². The first kappa shape index (κ1) is 24.9. The van der Waals surface area contributed by atoms with Crippen molar-refractivity contribution in [2.75, 3.05) is 17.8 Å². The lowest BCUT2D eigenvalue weighted by Crippen LogP contribution is -2.44. The fourth-order valence-electron chi connectivity index (χ4n) is 4.14. The number of hydrogen-bond donors (Lipinski definition) is 0. The van der Waals surface area contributed by atoms with E-state index in [0.717, 1.165) is 19.1 Å². The number of carbonyl (C=O) groups excluding carboxylic acids is 1. The highest BCUT2D eigenvalue weighted by atomic mass is 32.2. The molecular formula is C26H28FN3O4S. The Kier molecular flexibility index (Phi) is 7.28. The van der Waals surface area contributed by atoms with E-state index in [4.69, 9.17) is 4.74 Å². The van der Waals surface area contributed by atoms with Crippen LogP contribution >= 0.6 is 0 Å². The third-order valence-electron chi connectivity index (χ3n) is 5.95. The van der Waals surface area contributed by atoms with Gasteiger partial charge in [-0.05, 0) is 61.1 Å². The van der Waals surface area contributed by atoms with Gasteiger partial charge in [-0.15, -0.1) is 0 Å². The molecule has 4 rings (SSSR count). The molecule has 0 radical (unpaired) electrons. The highest BCUT2D eigenvalue weighted by Crippen LogP contribution is 2.31. The number of pyridine rings is 2. The lowest BCUT2D eigenvalue weighted by atomic mass is 9.98. The lowest BCUT2D eigenvalue weighted by Gasteiger charge is -2.34. The van der Waals surface area contributed by atoms with Crippen LogP contribution in [0.1, 0.15) is 55.1 Å². The maximum atomic E-state index is 15.3. The Morgan fingerprint density at radius 1 is 1.17 bits per heavy atom. The van der Waals surface area contributed by atoms with E-state index < -0.39 is 27.8 Å². The molecule has 7 nitrogen and oxygen atoms in total. The van der Waals surface area contributed by atoms with E-state index in [1.165, 1.54) is 29.2 Å². The first-order valence-electron chi connectivity index (χ1n) is 11.5. The lowest BCUT2D eigenvalue weighted by molar-refractivity contribution is 0.0143. The zero-order chi connectivity index (χ0) is 25.2. The summed E-state index contributed by atoms with van der Waals surface area (Å²) in [6.45, 7) is 4.26. The Morgan fingerprint density at radius 2 is 1.97 bits per heavy atom. The van der Waals surface area contributed by atoms with E-state index in [0.29, 0.717) is 24.3 Å². The van der Waals surface area contributed by atoms with Gasteiger partial charge in [-0.25, -0.2) is 17.8 Å². The molecule has 0 bridgehead atoms. The van der Waals surface area contributed by atoms with Crippen molar-refractivity contribution < 1.29 is 22.3 Å². The van der Waals surface area contributed by atoms with Crippen LogP contribution < -0.4 is 4.90 Å². The summed E-state index contributed by atoms with van der Waals surface area (Å²) in [4.78, 5) is 24.3. The number of benzene rings is 1. The minimum absolute atomic E-state index is 0.0459. The largest absolute Gasteiger partial charge is 0.358 e. The van der Waals surface area contributed by atoms with Gasteiger partial charge in [0.25, 0.3) is 5.91 Å². The summed E-state index contributed by atoms with van der Waals surface area (Å²) in [7, 11) is -3.51. The van der Waals surface area contributed by atoms with Gasteiger partial charge in [0.1, 0.15) is 23.4 Å². The van der Waals surface area contributed by atoms with Crippen LogP contribution in [-0.2, 0) is 14.6 Å². The Bertz CT molecular complexity index is 1320. The molecule has 1 aromatic carbocycles. The summed E-state index contributed by atoms with van der Waals surface area (Å²) in [5.41, 5.74) is 1.31. The molecule has 9 heteroatoms. The predicted molar refractivity (Wildman–Crippen MR) is 131 cm³/mol. The van der Waals surface area contributed by atoms with Gasteiger partial charge in [-0.1, -0.05) is 26.0 Å². The first-order chi connectivity index (χ1) is 16.7. The SMILES string of the molecule is CC(C)c1cc(F)c(-c2cccc(S(C)(=O)=O)c2)nc1C(=O)N(c1cccnc1)C1CCCCO1. The molecule has 1 saturated heterocycles. The fraction of sp³-hybridized carbons (Fsp3) is 0.346. The van der Waals surface area contributed by atoms with Crippen LogP contribution in [0.3, 0.4) is 0 Å². The van der Waals surface area contributed by atoms with E-state index in [1.807, 2.05) is 13.8 Å². The number of carbonyl (C=O) groups is 1. The smallest absolute Gasteiger partial charge is 0.279 e. The van der Waals surface area contributed by atoms with Gasteiger partial charge in [0.05, 0.1) is 16.8 Å². The third-order valence-corrected chi connectivity index (χ3v) is 7.06. The maximum Gasteiger partial charge on any atom is 0.279 e. The Balaban J connectivity index is 1.86. The molecule has 1 unspecified atom stereocenters. The second-order valence-corrected chi connectivity index (χ2v) is 10.9. The highest BCUT2D eigenvalue weighted by Gasteiger charge is 2.32. The van der Waals surface area contributed by atoms with E-state index in [-0.39, 0.29) is 27.8 Å². The van der Waals surface area contributed by atoms with Gasteiger partial charge in [0, 0.05) is 24.6 Å². The molecule has 1 amide bonds. The van der Waals surface area contributed by atoms with Gasteiger partial charge >= 0.3 is 0 Å². The molecule has 1 aliphatic rings. The van der Waals surface area contributed by atoms with E-state index in [1.54, 1.807) is 30.6 Å². The second-order valence-electron chi connectivity index (χ2n) is 8.92. The molecule has 2 aromatic heterocycles. The van der Waals surface area contributed by atoms with Crippen LogP contribution in [0, 0.1) is 5.82 Å². The number of nitrogens with zero attached hydrogens (tertiary/aromatic N) is 3. The normalized spacial score (nSPS) is 16.3. The Hall–Kier alpha value is -3.17. The number of amides is 1. The average molecular weight is 498 g/mol. The van der Waals surface area contributed by atoms with Crippen LogP contribution in [-0.4, -0.2) is 43.4 Å². The average Bonchev–Trinajstić information content (AvgIpc) is 2.85. The molecule has 184 valence electrons. The summed E-state index contributed by atoms with van der Waals surface area (Å²) < 4.78 is 45.3. The van der Waals surface area contributed by atoms with Crippen molar-refractivity contribution in [3.8, 4) is 11.3 Å². The number of anilines is 1. The summed E-state index contributed by atoms with van der Waals surface area (Å²) >= 11 is 0. The van der Waals surface area contributed by atoms with Gasteiger partial charge in [-0.2, -0.15) is 0 Å². The number of ether oxygens (including phenoxy) is 1. The number of hydrogen-bond acceptors (Lipinski definition) is 6. The molecule has 3 heterocycles. The quantitative estimate of drug-likeness (QED) is 0.477. The first-order valence-corrected chi connectivity index (χ1v) is 13.4. The second kappa shape index (κ2) is 10.2. The third kappa shape index (κ3) is 5.41. The monoisotopic (exact) mass is 497 g/mol. The molecule has 0 N–H and O–H groups in total. The summed E-state index contributed by atoms with van der Waals surface area (Å²) in [6, 6.07) is 10.7. The Labute approximate surface area is 204 Å². The van der Waals surface area contributed by atoms with Gasteiger partial charge < -0.3 is 4.74 Å². The molecule has 35 heavy (non-hydrogen) atoms. The minimum atomic E-state index is -3.51. The molecule has 0 saturated carbocycles. The molecular weight excluding hydrogens is 469 g/mol. The summed E-state index contributed by atoms with van der Waals surface area (Å²) in [5, 5.41) is 0. The van der Waals surface area contributed by atoms with Crippen molar-refractivity contribution in [2.24, 2.45) is 0 Å². The van der Waals surface area contributed by atoms with Gasteiger partial charge in [0.2, 0.25) is 0 Å². The molecule has 1 fully saturated rings. The molecule has 0 spiro atoms. The van der Waals surface area contributed by atoms with Crippen LogP contribution in [0.15, 0.2) is 59.8 Å². The Morgan fingerprint density at radius 3 is 2.60 bits per heavy atom. The maximum absolute atomic E-state index is 15.3. The fourth-order valence-corrected chi connectivity index (χ4v) is 4.81. The summed E-state index contributed by atoms with van der Waals surface area (Å²) in [6.07, 6.45) is 6.28. The predicted octanol–water partition coefficient (Wildman–Crippen LogP) is 4.98. The number of sulfone groups is 1. The van der Waals surface area contributed by atoms with Crippen molar-refractivity contribution in [2.45, 2.75) is 50.2 Å². The van der Waals surface area contributed by atoms with Crippen LogP contribution in [0.4, 0.5) is 10.1 Å². The zero-order valence-electron chi connectivity index (χ0n) is 19.9. The van der Waals surface area contributed by atoms with E-state index in [9.17, 15) is 13.2 Å². The number of aromatic nitrogens is 2. The van der Waals surface area contributed by atoms with Crippen molar-refractivity contribution in [1.82, 2.24) is 9.97 Å². The molecule has 3 aromatic rings. The van der Waals surface area contributed by atoms with Crippen LogP contribution in [0.5, 0.6) is 0 Å². The number of halogens is 1. The van der Waals surface area contributed by atoms with Crippen molar-refractivity contribution in [1.29, 1.82) is 0 Å². The van der Waals surface area contributed by atoms with Crippen molar-refractivity contribution in [3.63, 3.8) is 0 Å². The molecule has 1 aliphatic heterocycles. The highest BCUT2D eigenvalue weighted by molar-refractivity contribution is 7.90. The zero-order valence-corrected chi connectivity index (χ0v) is 20.8. The van der Waals surface area contributed by atoms with Crippen LogP contribution in [0.25, 0.3) is 11.3 Å². The molecule has 0 aliphatic carbocycles. The van der Waals surface area contributed by atoms with E-state index in [2.05, 4.69) is 9.97 Å². The standard InChI is InChI=1S/C26H28FN3O4S/c1-17(2)21-15-22(27)24(18-8-6-10-20(14-18)35(3,32)33)29-25(21)26(31)30(19-9-7-12-28-16-19)23-11-4-5-13-34-23/h6-10,12,14-17,23H,4-5,11,13H2,1-3H3. The molecule has 1 atom stereocenters. The van der Waals surface area contributed by atoms with E-state index >= 15 is 4.39 Å². The van der Waals surface area contributed by atoms with Crippen molar-refractivity contribution in [3.05, 3.63) is 71.9 Å². The topological polar surface area (TPSA) is 89.5 Å². The van der Waals surface area contributed by atoms with Gasteiger partial charge in [0.15, 0.2) is 9.84 Å². The number of rotatable bonds is 6. The van der Waals surface area contributed by atoms with Crippen LogP contribution in [0.2, 0.25) is 0 Å². The van der Waals surface area contributed by atoms with Gasteiger partial charge in [-0.3, -0.25) is 14.7 Å². The summed E-state index contributed by atoms with van der Waals surface area (Å²) in [5.74, 6) is -1.23. The minimum Gasteiger partial charge on any atom is -0.358 e.